The molecule has 13 nitrogen and oxygen atoms in total. The molecule has 218 valence electrons. The molecule has 0 spiro atoms. The molecule has 0 bridgehead atoms. The number of carbonyl (C=O) groups is 4. The number of nitrogens with two attached hydrogens (primary N) is 1. The Morgan fingerprint density at radius 3 is 2.49 bits per heavy atom. The van der Waals surface area contributed by atoms with E-state index in [0.717, 1.165) is 16.2 Å². The molecular formula is C26H30N6O7S2. The van der Waals surface area contributed by atoms with E-state index in [2.05, 4.69) is 15.5 Å². The van der Waals surface area contributed by atoms with Crippen LogP contribution in [0.1, 0.15) is 40.3 Å². The minimum atomic E-state index is -1.57. The second-order valence-electron chi connectivity index (χ2n) is 10.8. The van der Waals surface area contributed by atoms with Crippen molar-refractivity contribution in [2.75, 3.05) is 11.5 Å². The van der Waals surface area contributed by atoms with Crippen LogP contribution < -0.4 is 20.7 Å². The standard InChI is InChI=1S/C26H30N6O7S2/c1-25(2,3)38-23(37)26(4,5)39-30-16(15-13-41-24(27)28-15)19(33)29-17-20(34)32-18(22(35)36)14(12-40-21(17)32)11-31-9-7-6-8-10-31/h6-10,13,17,21H,11-12H2,1-5H3,(H3-,27,28,29,33,35,36)/t17-,21-/m1/s1. The fourth-order valence-electron chi connectivity index (χ4n) is 3.96. The summed E-state index contributed by atoms with van der Waals surface area (Å²) in [6, 6.07) is 4.41. The number of thiazole rings is 1. The van der Waals surface area contributed by atoms with Gasteiger partial charge in [0.05, 0.1) is 11.7 Å². The Morgan fingerprint density at radius 2 is 1.90 bits per heavy atom. The molecule has 2 aliphatic heterocycles. The van der Waals surface area contributed by atoms with Gasteiger partial charge in [0, 0.05) is 28.8 Å². The molecule has 2 aliphatic rings. The van der Waals surface area contributed by atoms with Gasteiger partial charge in [-0.2, -0.15) is 0 Å². The molecule has 15 heteroatoms. The van der Waals surface area contributed by atoms with Crippen LogP contribution >= 0.6 is 23.1 Å². The molecule has 0 aliphatic carbocycles. The fraction of sp³-hybridized carbons (Fsp3) is 0.423. The first-order chi connectivity index (χ1) is 19.2. The minimum absolute atomic E-state index is 0.0717. The molecule has 0 saturated carbocycles. The summed E-state index contributed by atoms with van der Waals surface area (Å²) in [6.07, 6.45) is 3.58. The summed E-state index contributed by atoms with van der Waals surface area (Å²) < 4.78 is 7.16. The molecule has 0 unspecified atom stereocenters. The van der Waals surface area contributed by atoms with Crippen LogP contribution in [0.25, 0.3) is 0 Å². The summed E-state index contributed by atoms with van der Waals surface area (Å²) in [5.41, 5.74) is 3.46. The fourth-order valence-corrected chi connectivity index (χ4v) is 5.84. The van der Waals surface area contributed by atoms with Crippen LogP contribution in [0.2, 0.25) is 0 Å². The lowest BCUT2D eigenvalue weighted by atomic mass is 10.0. The normalized spacial score (nSPS) is 19.3. The molecule has 0 radical (unpaired) electrons. The molecule has 4 rings (SSSR count). The summed E-state index contributed by atoms with van der Waals surface area (Å²) in [4.78, 5) is 61.9. The number of carbonyl (C=O) groups excluding carboxylic acids is 4. The van der Waals surface area contributed by atoms with Crippen molar-refractivity contribution in [1.82, 2.24) is 15.2 Å². The summed E-state index contributed by atoms with van der Waals surface area (Å²) in [7, 11) is 0. The number of fused-ring (bicyclic) bond motifs is 1. The predicted octanol–water partition coefficient (Wildman–Crippen LogP) is -0.0421. The van der Waals surface area contributed by atoms with Crippen molar-refractivity contribution in [1.29, 1.82) is 0 Å². The third kappa shape index (κ3) is 6.68. The highest BCUT2D eigenvalue weighted by Crippen LogP contribution is 2.40. The Balaban J connectivity index is 1.54. The Hall–Kier alpha value is -3.98. The van der Waals surface area contributed by atoms with Crippen molar-refractivity contribution in [3.63, 3.8) is 0 Å². The first-order valence-corrected chi connectivity index (χ1v) is 14.4. The SMILES string of the molecule is CC(C)(C)OC(=O)C(C)(C)ON=C(C(=O)N[C@@H]1C(=O)N2C(C(=O)[O-])=C(C[n+]3ccccc3)CS[C@H]12)c1csc(N)n1. The maximum atomic E-state index is 13.4. The Bertz CT molecular complexity index is 1430. The number of thioether (sulfide) groups is 1. The number of rotatable bonds is 9. The topological polar surface area (TPSA) is 180 Å². The van der Waals surface area contributed by atoms with Gasteiger partial charge in [-0.05, 0) is 34.6 Å². The number of aromatic nitrogens is 2. The van der Waals surface area contributed by atoms with Crippen molar-refractivity contribution in [3.8, 4) is 0 Å². The van der Waals surface area contributed by atoms with E-state index in [1.807, 2.05) is 18.2 Å². The quantitative estimate of drug-likeness (QED) is 0.130. The maximum absolute atomic E-state index is 13.4. The van der Waals surface area contributed by atoms with Gasteiger partial charge in [0.2, 0.25) is 5.60 Å². The second-order valence-corrected chi connectivity index (χ2v) is 12.8. The van der Waals surface area contributed by atoms with Crippen LogP contribution in [-0.2, 0) is 35.3 Å². The number of oxime groups is 1. The number of hydrogen-bond acceptors (Lipinski definition) is 12. The van der Waals surface area contributed by atoms with Crippen molar-refractivity contribution >= 4 is 57.7 Å². The molecule has 2 amide bonds. The number of anilines is 1. The van der Waals surface area contributed by atoms with Crippen LogP contribution in [0.3, 0.4) is 0 Å². The zero-order valence-corrected chi connectivity index (χ0v) is 24.7. The number of amides is 2. The molecule has 41 heavy (non-hydrogen) atoms. The third-order valence-electron chi connectivity index (χ3n) is 5.91. The summed E-state index contributed by atoms with van der Waals surface area (Å²) in [6.45, 7) is 8.23. The van der Waals surface area contributed by atoms with Crippen LogP contribution in [0.15, 0.2) is 52.4 Å². The van der Waals surface area contributed by atoms with E-state index < -0.39 is 46.4 Å². The Labute approximate surface area is 244 Å². The smallest absolute Gasteiger partial charge is 0.353 e. The zero-order chi connectivity index (χ0) is 30.1. The molecule has 2 aromatic heterocycles. The number of esters is 1. The number of β-lactam (4-membered cyclic amide) rings is 1. The van der Waals surface area contributed by atoms with Crippen LogP contribution in [0.5, 0.6) is 0 Å². The molecule has 2 aromatic rings. The van der Waals surface area contributed by atoms with Gasteiger partial charge in [0.25, 0.3) is 11.8 Å². The molecule has 1 saturated heterocycles. The third-order valence-corrected chi connectivity index (χ3v) is 7.93. The van der Waals surface area contributed by atoms with Crippen molar-refractivity contribution in [2.24, 2.45) is 5.16 Å². The van der Waals surface area contributed by atoms with Gasteiger partial charge in [-0.1, -0.05) is 11.2 Å². The number of nitrogen functional groups attached to an aromatic ring is 1. The average Bonchev–Trinajstić information content (AvgIpc) is 3.32. The highest BCUT2D eigenvalue weighted by atomic mass is 32.2. The van der Waals surface area contributed by atoms with Crippen molar-refractivity contribution in [3.05, 3.63) is 52.9 Å². The molecule has 0 aromatic carbocycles. The van der Waals surface area contributed by atoms with Gasteiger partial charge in [-0.3, -0.25) is 14.5 Å². The summed E-state index contributed by atoms with van der Waals surface area (Å²) in [5.74, 6) is -3.31. The van der Waals surface area contributed by atoms with E-state index >= 15 is 0 Å². The van der Waals surface area contributed by atoms with Gasteiger partial charge in [0.15, 0.2) is 29.8 Å². The highest BCUT2D eigenvalue weighted by molar-refractivity contribution is 8.00. The van der Waals surface area contributed by atoms with E-state index in [4.69, 9.17) is 15.3 Å². The van der Waals surface area contributed by atoms with Crippen molar-refractivity contribution in [2.45, 2.75) is 63.8 Å². The average molecular weight is 603 g/mol. The lowest BCUT2D eigenvalue weighted by Gasteiger charge is -2.50. The van der Waals surface area contributed by atoms with E-state index in [9.17, 15) is 24.3 Å². The van der Waals surface area contributed by atoms with Crippen molar-refractivity contribution < 1.29 is 38.4 Å². The minimum Gasteiger partial charge on any atom is -0.543 e. The number of carboxylic acids is 1. The largest absolute Gasteiger partial charge is 0.543 e. The van der Waals surface area contributed by atoms with Gasteiger partial charge in [-0.25, -0.2) is 14.3 Å². The van der Waals surface area contributed by atoms with Gasteiger partial charge >= 0.3 is 5.97 Å². The number of pyridine rings is 1. The highest BCUT2D eigenvalue weighted by Gasteiger charge is 2.53. The Kier molecular flexibility index (Phi) is 8.40. The van der Waals surface area contributed by atoms with Gasteiger partial charge < -0.3 is 30.5 Å². The van der Waals surface area contributed by atoms with E-state index in [0.29, 0.717) is 11.3 Å². The molecule has 3 N–H and O–H groups in total. The number of hydrogen-bond donors (Lipinski definition) is 2. The first-order valence-electron chi connectivity index (χ1n) is 12.5. The monoisotopic (exact) mass is 602 g/mol. The van der Waals surface area contributed by atoms with Crippen LogP contribution in [0.4, 0.5) is 5.13 Å². The molecule has 2 atom stereocenters. The van der Waals surface area contributed by atoms with Gasteiger partial charge in [0.1, 0.15) is 22.7 Å². The van der Waals surface area contributed by atoms with E-state index in [1.54, 1.807) is 37.7 Å². The molecular weight excluding hydrogens is 572 g/mol. The Morgan fingerprint density at radius 1 is 1.22 bits per heavy atom. The van der Waals surface area contributed by atoms with E-state index in [-0.39, 0.29) is 28.8 Å². The zero-order valence-electron chi connectivity index (χ0n) is 23.1. The second kappa shape index (κ2) is 11.5. The number of ether oxygens (including phenoxy) is 1. The lowest BCUT2D eigenvalue weighted by Crippen LogP contribution is -2.71. The lowest BCUT2D eigenvalue weighted by molar-refractivity contribution is -0.689. The number of nitrogens with zero attached hydrogens (tertiary/aromatic N) is 4. The van der Waals surface area contributed by atoms with E-state index in [1.165, 1.54) is 31.0 Å². The summed E-state index contributed by atoms with van der Waals surface area (Å²) in [5, 5.41) is 19.6. The van der Waals surface area contributed by atoms with Gasteiger partial charge in [-0.15, -0.1) is 23.1 Å². The predicted molar refractivity (Wildman–Crippen MR) is 148 cm³/mol. The maximum Gasteiger partial charge on any atom is 0.353 e. The van der Waals surface area contributed by atoms with Crippen LogP contribution in [-0.4, -0.2) is 67.7 Å². The van der Waals surface area contributed by atoms with Crippen LogP contribution in [0, 0.1) is 0 Å². The molecule has 4 heterocycles. The summed E-state index contributed by atoms with van der Waals surface area (Å²) >= 11 is 2.37. The number of aliphatic carboxylic acids is 1. The number of carboxylic acid groups (broad SMARTS) is 1. The number of nitrogens with one attached hydrogen (secondary N) is 1. The first kappa shape index (κ1) is 30.0. The molecule has 1 fully saturated rings.